The molecule has 0 radical (unpaired) electrons. The maximum atomic E-state index is 5.76. The Labute approximate surface area is 72.7 Å². The third-order valence-corrected chi connectivity index (χ3v) is 2.89. The zero-order chi connectivity index (χ0) is 7.73. The third-order valence-electron chi connectivity index (χ3n) is 2.48. The fraction of sp³-hybridized carbons (Fsp3) is 1.00. The number of rotatable bonds is 1. The summed E-state index contributed by atoms with van der Waals surface area (Å²) in [5.74, 6) is 0.592. The Kier molecular flexibility index (Phi) is 2.12. The minimum Gasteiger partial charge on any atom is -0.347 e. The topological polar surface area (TPSA) is 18.5 Å². The lowest BCUT2D eigenvalue weighted by atomic mass is 10.2. The average Bonchev–Trinajstić information content (AvgIpc) is 2.62. The van der Waals surface area contributed by atoms with Crippen molar-refractivity contribution < 1.29 is 9.47 Å². The van der Waals surface area contributed by atoms with Crippen LogP contribution >= 0.6 is 12.6 Å². The van der Waals surface area contributed by atoms with E-state index in [1.165, 1.54) is 12.8 Å². The van der Waals surface area contributed by atoms with E-state index in [1.54, 1.807) is 0 Å². The molecule has 3 heteroatoms. The largest absolute Gasteiger partial charge is 0.347 e. The highest BCUT2D eigenvalue weighted by molar-refractivity contribution is 7.80. The van der Waals surface area contributed by atoms with Crippen LogP contribution in [0.1, 0.15) is 25.7 Å². The van der Waals surface area contributed by atoms with Crippen LogP contribution in [0.2, 0.25) is 0 Å². The summed E-state index contributed by atoms with van der Waals surface area (Å²) < 4.78 is 11.4. The normalized spacial score (nSPS) is 35.2. The predicted molar refractivity (Wildman–Crippen MR) is 45.9 cm³/mol. The molecule has 1 saturated carbocycles. The molecule has 0 aromatic rings. The van der Waals surface area contributed by atoms with E-state index in [9.17, 15) is 0 Å². The Morgan fingerprint density at radius 1 is 1.36 bits per heavy atom. The van der Waals surface area contributed by atoms with E-state index in [0.717, 1.165) is 25.2 Å². The van der Waals surface area contributed by atoms with Crippen molar-refractivity contribution in [1.29, 1.82) is 0 Å². The van der Waals surface area contributed by atoms with Crippen molar-refractivity contribution in [2.45, 2.75) is 37.6 Å². The van der Waals surface area contributed by atoms with Gasteiger partial charge >= 0.3 is 0 Å². The first-order chi connectivity index (χ1) is 5.35. The fourth-order valence-corrected chi connectivity index (χ4v) is 2.06. The highest BCUT2D eigenvalue weighted by Gasteiger charge is 2.42. The molecule has 0 aromatic carbocycles. The zero-order valence-corrected chi connectivity index (χ0v) is 7.48. The Balaban J connectivity index is 1.96. The number of hydrogen-bond acceptors (Lipinski definition) is 3. The van der Waals surface area contributed by atoms with E-state index >= 15 is 0 Å². The summed E-state index contributed by atoms with van der Waals surface area (Å²) in [7, 11) is 0. The Hall–Kier alpha value is 0.270. The predicted octanol–water partition coefficient (Wildman–Crippen LogP) is 1.60. The molecule has 1 aliphatic heterocycles. The lowest BCUT2D eigenvalue weighted by molar-refractivity contribution is -0.159. The first kappa shape index (κ1) is 7.90. The summed E-state index contributed by atoms with van der Waals surface area (Å²) in [6.45, 7) is 0.740. The third kappa shape index (κ3) is 1.42. The van der Waals surface area contributed by atoms with Gasteiger partial charge in [-0.2, -0.15) is 12.6 Å². The molecule has 1 aliphatic carbocycles. The standard InChI is InChI=1S/C8H14O2S/c11-6-7-5-9-8(10-7)3-1-2-4-8/h7,11H,1-6H2. The summed E-state index contributed by atoms with van der Waals surface area (Å²) in [6, 6.07) is 0. The van der Waals surface area contributed by atoms with Gasteiger partial charge in [0, 0.05) is 18.6 Å². The summed E-state index contributed by atoms with van der Waals surface area (Å²) in [6.07, 6.45) is 4.89. The maximum Gasteiger partial charge on any atom is 0.168 e. The molecule has 11 heavy (non-hydrogen) atoms. The smallest absolute Gasteiger partial charge is 0.168 e. The molecule has 1 saturated heterocycles. The molecule has 2 rings (SSSR count). The molecule has 64 valence electrons. The summed E-state index contributed by atoms with van der Waals surface area (Å²) in [5.41, 5.74) is 0. The summed E-state index contributed by atoms with van der Waals surface area (Å²) >= 11 is 4.19. The second-order valence-corrected chi connectivity index (χ2v) is 3.72. The van der Waals surface area contributed by atoms with Gasteiger partial charge in [0.15, 0.2) is 5.79 Å². The molecule has 1 heterocycles. The van der Waals surface area contributed by atoms with Gasteiger partial charge in [-0.05, 0) is 12.8 Å². The number of thiol groups is 1. The fourth-order valence-electron chi connectivity index (χ4n) is 1.88. The molecule has 1 unspecified atom stereocenters. The highest BCUT2D eigenvalue weighted by Crippen LogP contribution is 2.39. The Morgan fingerprint density at radius 2 is 2.09 bits per heavy atom. The Bertz CT molecular complexity index is 143. The second kappa shape index (κ2) is 2.96. The van der Waals surface area contributed by atoms with Crippen LogP contribution in [0.4, 0.5) is 0 Å². The van der Waals surface area contributed by atoms with Crippen LogP contribution in [-0.4, -0.2) is 24.3 Å². The molecular formula is C8H14O2S. The van der Waals surface area contributed by atoms with Gasteiger partial charge < -0.3 is 9.47 Å². The molecule has 0 amide bonds. The monoisotopic (exact) mass is 174 g/mol. The van der Waals surface area contributed by atoms with E-state index in [2.05, 4.69) is 12.6 Å². The quantitative estimate of drug-likeness (QED) is 0.609. The molecule has 0 N–H and O–H groups in total. The van der Waals surface area contributed by atoms with Gasteiger partial charge in [-0.25, -0.2) is 0 Å². The zero-order valence-electron chi connectivity index (χ0n) is 6.58. The van der Waals surface area contributed by atoms with E-state index in [4.69, 9.17) is 9.47 Å². The van der Waals surface area contributed by atoms with E-state index in [-0.39, 0.29) is 11.9 Å². The van der Waals surface area contributed by atoms with E-state index < -0.39 is 0 Å². The van der Waals surface area contributed by atoms with Gasteiger partial charge in [0.25, 0.3) is 0 Å². The average molecular weight is 174 g/mol. The molecule has 2 fully saturated rings. The van der Waals surface area contributed by atoms with Crippen LogP contribution < -0.4 is 0 Å². The van der Waals surface area contributed by atoms with Gasteiger partial charge in [-0.15, -0.1) is 0 Å². The molecule has 0 aromatic heterocycles. The minimum absolute atomic E-state index is 0.187. The van der Waals surface area contributed by atoms with Crippen LogP contribution in [0.25, 0.3) is 0 Å². The van der Waals surface area contributed by atoms with Crippen LogP contribution in [0.15, 0.2) is 0 Å². The first-order valence-corrected chi connectivity index (χ1v) is 4.90. The molecule has 1 atom stereocenters. The van der Waals surface area contributed by atoms with Crippen molar-refractivity contribution in [3.05, 3.63) is 0 Å². The van der Waals surface area contributed by atoms with Gasteiger partial charge in [0.1, 0.15) is 0 Å². The molecule has 0 bridgehead atoms. The molecule has 2 aliphatic rings. The lowest BCUT2D eigenvalue weighted by Gasteiger charge is -2.21. The highest BCUT2D eigenvalue weighted by atomic mass is 32.1. The van der Waals surface area contributed by atoms with Crippen molar-refractivity contribution in [3.8, 4) is 0 Å². The lowest BCUT2D eigenvalue weighted by Crippen LogP contribution is -2.26. The van der Waals surface area contributed by atoms with Crippen molar-refractivity contribution in [1.82, 2.24) is 0 Å². The first-order valence-electron chi connectivity index (χ1n) is 4.27. The van der Waals surface area contributed by atoms with Gasteiger partial charge in [-0.3, -0.25) is 0 Å². The Morgan fingerprint density at radius 3 is 2.64 bits per heavy atom. The van der Waals surface area contributed by atoms with Crippen molar-refractivity contribution in [2.24, 2.45) is 0 Å². The summed E-state index contributed by atoms with van der Waals surface area (Å²) in [4.78, 5) is 0. The SMILES string of the molecule is SCC1COC2(CCCC2)O1. The van der Waals surface area contributed by atoms with Gasteiger partial charge in [0.05, 0.1) is 12.7 Å². The van der Waals surface area contributed by atoms with Crippen LogP contribution in [0.3, 0.4) is 0 Å². The second-order valence-electron chi connectivity index (χ2n) is 3.35. The molecule has 1 spiro atoms. The van der Waals surface area contributed by atoms with Crippen LogP contribution in [0.5, 0.6) is 0 Å². The van der Waals surface area contributed by atoms with Crippen molar-refractivity contribution in [2.75, 3.05) is 12.4 Å². The van der Waals surface area contributed by atoms with Gasteiger partial charge in [0.2, 0.25) is 0 Å². The van der Waals surface area contributed by atoms with E-state index in [0.29, 0.717) is 0 Å². The minimum atomic E-state index is -0.187. The van der Waals surface area contributed by atoms with Crippen LogP contribution in [-0.2, 0) is 9.47 Å². The van der Waals surface area contributed by atoms with Crippen molar-refractivity contribution >= 4 is 12.6 Å². The summed E-state index contributed by atoms with van der Waals surface area (Å²) in [5, 5.41) is 0. The van der Waals surface area contributed by atoms with Gasteiger partial charge in [-0.1, -0.05) is 0 Å². The van der Waals surface area contributed by atoms with Crippen LogP contribution in [0, 0.1) is 0 Å². The molecule has 2 nitrogen and oxygen atoms in total. The van der Waals surface area contributed by atoms with Crippen molar-refractivity contribution in [3.63, 3.8) is 0 Å². The van der Waals surface area contributed by atoms with E-state index in [1.807, 2.05) is 0 Å². The number of hydrogen-bond donors (Lipinski definition) is 1. The maximum absolute atomic E-state index is 5.76. The molecular weight excluding hydrogens is 160 g/mol. The number of ether oxygens (including phenoxy) is 2.